The van der Waals surface area contributed by atoms with Crippen LogP contribution in [0.1, 0.15) is 23.1 Å². The van der Waals surface area contributed by atoms with E-state index < -0.39 is 0 Å². The lowest BCUT2D eigenvalue weighted by molar-refractivity contribution is 0.550. The van der Waals surface area contributed by atoms with E-state index in [1.54, 1.807) is 30.3 Å². The molecule has 90 valence electrons. The molecule has 0 amide bonds. The van der Waals surface area contributed by atoms with E-state index in [4.69, 9.17) is 17.4 Å². The van der Waals surface area contributed by atoms with E-state index in [1.807, 2.05) is 6.92 Å². The van der Waals surface area contributed by atoms with Crippen LogP contribution in [0.15, 0.2) is 18.6 Å². The molecule has 2 aromatic heterocycles. The quantitative estimate of drug-likeness (QED) is 0.622. The maximum Gasteiger partial charge on any atom is 0.152 e. The van der Waals surface area contributed by atoms with Crippen molar-refractivity contribution < 1.29 is 0 Å². The molecule has 0 aromatic carbocycles. The molecular weight excluding hydrogens is 240 g/mol. The van der Waals surface area contributed by atoms with Crippen molar-refractivity contribution >= 4 is 11.6 Å². The molecule has 0 radical (unpaired) electrons. The minimum atomic E-state index is -0.379. The summed E-state index contributed by atoms with van der Waals surface area (Å²) in [5, 5.41) is 4.59. The minimum absolute atomic E-state index is 0.379. The third-order valence-electron chi connectivity index (χ3n) is 2.44. The van der Waals surface area contributed by atoms with Crippen molar-refractivity contribution in [2.24, 2.45) is 12.9 Å². The van der Waals surface area contributed by atoms with Crippen LogP contribution in [0.25, 0.3) is 0 Å². The van der Waals surface area contributed by atoms with Gasteiger partial charge in [0.25, 0.3) is 0 Å². The molecule has 7 heteroatoms. The number of aryl methyl sites for hydroxylation is 2. The first-order valence-corrected chi connectivity index (χ1v) is 5.43. The van der Waals surface area contributed by atoms with Crippen LogP contribution in [0.5, 0.6) is 0 Å². The molecule has 0 aliphatic heterocycles. The molecule has 2 heterocycles. The Balaban J connectivity index is 2.43. The smallest absolute Gasteiger partial charge is 0.152 e. The molecule has 0 saturated heterocycles. The van der Waals surface area contributed by atoms with Crippen molar-refractivity contribution in [2.45, 2.75) is 13.0 Å². The Kier molecular flexibility index (Phi) is 3.37. The third-order valence-corrected chi connectivity index (χ3v) is 2.73. The first kappa shape index (κ1) is 12.0. The lowest BCUT2D eigenvalue weighted by Gasteiger charge is -2.15. The molecule has 6 nitrogen and oxygen atoms in total. The van der Waals surface area contributed by atoms with E-state index in [2.05, 4.69) is 20.5 Å². The van der Waals surface area contributed by atoms with E-state index in [1.165, 1.54) is 0 Å². The van der Waals surface area contributed by atoms with Gasteiger partial charge in [0.15, 0.2) is 5.82 Å². The van der Waals surface area contributed by atoms with Crippen molar-refractivity contribution in [3.63, 3.8) is 0 Å². The van der Waals surface area contributed by atoms with E-state index in [-0.39, 0.29) is 6.04 Å². The number of rotatable bonds is 3. The molecule has 2 aromatic rings. The Bertz CT molecular complexity index is 487. The van der Waals surface area contributed by atoms with Gasteiger partial charge in [0.2, 0.25) is 0 Å². The predicted octanol–water partition coefficient (Wildman–Crippen LogP) is 0.725. The molecule has 0 aliphatic rings. The van der Waals surface area contributed by atoms with Crippen LogP contribution < -0.4 is 11.3 Å². The topological polar surface area (TPSA) is 81.6 Å². The molecule has 3 N–H and O–H groups in total. The van der Waals surface area contributed by atoms with Crippen LogP contribution in [-0.2, 0) is 7.05 Å². The highest BCUT2D eigenvalue weighted by Crippen LogP contribution is 2.24. The first-order chi connectivity index (χ1) is 8.13. The molecule has 1 atom stereocenters. The number of hydrazine groups is 1. The summed E-state index contributed by atoms with van der Waals surface area (Å²) in [6.45, 7) is 1.92. The Morgan fingerprint density at radius 2 is 2.00 bits per heavy atom. The third kappa shape index (κ3) is 2.28. The van der Waals surface area contributed by atoms with Gasteiger partial charge < -0.3 is 0 Å². The predicted molar refractivity (Wildman–Crippen MR) is 64.2 cm³/mol. The van der Waals surface area contributed by atoms with E-state index in [0.29, 0.717) is 10.8 Å². The summed E-state index contributed by atoms with van der Waals surface area (Å²) in [5.74, 6) is 6.10. The molecule has 2 rings (SSSR count). The van der Waals surface area contributed by atoms with Crippen LogP contribution in [0.4, 0.5) is 0 Å². The normalized spacial score (nSPS) is 12.7. The minimum Gasteiger partial charge on any atom is -0.270 e. The van der Waals surface area contributed by atoms with Crippen LogP contribution in [-0.4, -0.2) is 19.7 Å². The fourth-order valence-electron chi connectivity index (χ4n) is 1.57. The van der Waals surface area contributed by atoms with E-state index in [0.717, 1.165) is 11.3 Å². The fraction of sp³-hybridized carbons (Fsp3) is 0.300. The van der Waals surface area contributed by atoms with Gasteiger partial charge in [-0.15, -0.1) is 0 Å². The Labute approximate surface area is 104 Å². The van der Waals surface area contributed by atoms with Gasteiger partial charge in [-0.3, -0.25) is 10.5 Å². The monoisotopic (exact) mass is 252 g/mol. The summed E-state index contributed by atoms with van der Waals surface area (Å²) in [6.07, 6.45) is 5.03. The molecule has 0 spiro atoms. The SMILES string of the molecule is Cc1cnc(C(NN)c2c(Cl)cnn2C)nc1. The second-order valence-electron chi connectivity index (χ2n) is 3.72. The highest BCUT2D eigenvalue weighted by molar-refractivity contribution is 6.31. The second kappa shape index (κ2) is 4.79. The van der Waals surface area contributed by atoms with Gasteiger partial charge in [-0.25, -0.2) is 15.4 Å². The molecule has 0 aliphatic carbocycles. The summed E-state index contributed by atoms with van der Waals surface area (Å²) < 4.78 is 1.65. The maximum atomic E-state index is 6.07. The van der Waals surface area contributed by atoms with Crippen LogP contribution in [0.3, 0.4) is 0 Å². The van der Waals surface area contributed by atoms with Crippen LogP contribution in [0.2, 0.25) is 5.02 Å². The molecule has 1 unspecified atom stereocenters. The molecule has 0 bridgehead atoms. The van der Waals surface area contributed by atoms with Crippen molar-refractivity contribution in [1.82, 2.24) is 25.2 Å². The zero-order chi connectivity index (χ0) is 12.4. The van der Waals surface area contributed by atoms with Crippen molar-refractivity contribution in [3.8, 4) is 0 Å². The maximum absolute atomic E-state index is 6.07. The first-order valence-electron chi connectivity index (χ1n) is 5.05. The number of halogens is 1. The number of hydrogen-bond donors (Lipinski definition) is 2. The molecule has 17 heavy (non-hydrogen) atoms. The largest absolute Gasteiger partial charge is 0.270 e. The van der Waals surface area contributed by atoms with Gasteiger partial charge in [0, 0.05) is 19.4 Å². The average Bonchev–Trinajstić information content (AvgIpc) is 2.64. The lowest BCUT2D eigenvalue weighted by Crippen LogP contribution is -2.32. The number of hydrogen-bond acceptors (Lipinski definition) is 5. The standard InChI is InChI=1S/C10H13ClN6/c1-6-3-13-10(14-4-6)8(16-12)9-7(11)5-15-17(9)2/h3-5,8,16H,12H2,1-2H3. The van der Waals surface area contributed by atoms with Gasteiger partial charge in [0.1, 0.15) is 6.04 Å². The van der Waals surface area contributed by atoms with Gasteiger partial charge >= 0.3 is 0 Å². The lowest BCUT2D eigenvalue weighted by atomic mass is 10.2. The average molecular weight is 253 g/mol. The summed E-state index contributed by atoms with van der Waals surface area (Å²) >= 11 is 6.07. The number of aromatic nitrogens is 4. The number of nitrogens with one attached hydrogen (secondary N) is 1. The van der Waals surface area contributed by atoms with E-state index >= 15 is 0 Å². The van der Waals surface area contributed by atoms with Gasteiger partial charge in [0.05, 0.1) is 16.9 Å². The highest BCUT2D eigenvalue weighted by atomic mass is 35.5. The van der Waals surface area contributed by atoms with Gasteiger partial charge in [-0.1, -0.05) is 11.6 Å². The Morgan fingerprint density at radius 3 is 2.47 bits per heavy atom. The summed E-state index contributed by atoms with van der Waals surface area (Å²) in [5.41, 5.74) is 4.37. The molecule has 0 fully saturated rings. The molecule has 0 saturated carbocycles. The van der Waals surface area contributed by atoms with Gasteiger partial charge in [-0.05, 0) is 12.5 Å². The Morgan fingerprint density at radius 1 is 1.35 bits per heavy atom. The summed E-state index contributed by atoms with van der Waals surface area (Å²) in [4.78, 5) is 8.47. The van der Waals surface area contributed by atoms with Crippen molar-refractivity contribution in [1.29, 1.82) is 0 Å². The summed E-state index contributed by atoms with van der Waals surface area (Å²) in [6, 6.07) is -0.379. The number of nitrogens with zero attached hydrogens (tertiary/aromatic N) is 4. The summed E-state index contributed by atoms with van der Waals surface area (Å²) in [7, 11) is 1.79. The second-order valence-corrected chi connectivity index (χ2v) is 4.13. The Hall–Kier alpha value is -1.50. The fourth-order valence-corrected chi connectivity index (χ4v) is 1.85. The number of nitrogens with two attached hydrogens (primary N) is 1. The van der Waals surface area contributed by atoms with Crippen molar-refractivity contribution in [3.05, 3.63) is 40.7 Å². The molecular formula is C10H13ClN6. The van der Waals surface area contributed by atoms with Gasteiger partial charge in [-0.2, -0.15) is 5.10 Å². The zero-order valence-electron chi connectivity index (χ0n) is 9.55. The van der Waals surface area contributed by atoms with Crippen molar-refractivity contribution in [2.75, 3.05) is 0 Å². The highest BCUT2D eigenvalue weighted by Gasteiger charge is 2.22. The van der Waals surface area contributed by atoms with E-state index in [9.17, 15) is 0 Å². The zero-order valence-corrected chi connectivity index (χ0v) is 10.3. The van der Waals surface area contributed by atoms with Crippen LogP contribution >= 0.6 is 11.6 Å². The van der Waals surface area contributed by atoms with Crippen LogP contribution in [0, 0.1) is 6.92 Å².